The van der Waals surface area contributed by atoms with E-state index in [-0.39, 0.29) is 5.91 Å². The summed E-state index contributed by atoms with van der Waals surface area (Å²) in [5.41, 5.74) is 0.247. The third-order valence-electron chi connectivity index (χ3n) is 6.66. The SMILES string of the molecule is C=C1C[C@]2(C(=O)N(C(=O)OC)c3c2ccc2c3C=CC(C)(C)O2)C(C)(C)[C@@H]1C#N. The highest BCUT2D eigenvalue weighted by Gasteiger charge is 2.68. The molecule has 2 atom stereocenters. The molecule has 1 aromatic carbocycles. The van der Waals surface area contributed by atoms with Gasteiger partial charge in [-0.2, -0.15) is 5.26 Å². The fourth-order valence-electron chi connectivity index (χ4n) is 5.17. The standard InChI is InChI=1S/C23H24N2O4/c1-13-11-23(22(4,5)16(13)12-24)15-7-8-17-14(9-10-21(2,3)29-17)18(15)25(19(23)26)20(27)28-6/h7-10,16H,1,11H2,2-6H3/t16-,23+/m1/s1. The molecular weight excluding hydrogens is 368 g/mol. The zero-order chi connectivity index (χ0) is 21.4. The van der Waals surface area contributed by atoms with Crippen LogP contribution in [0.4, 0.5) is 10.5 Å². The van der Waals surface area contributed by atoms with Crippen LogP contribution < -0.4 is 9.64 Å². The van der Waals surface area contributed by atoms with E-state index < -0.39 is 28.4 Å². The van der Waals surface area contributed by atoms with E-state index in [1.807, 2.05) is 52.0 Å². The number of rotatable bonds is 0. The number of nitrogens with zero attached hydrogens (tertiary/aromatic N) is 2. The number of fused-ring (bicyclic) bond motifs is 4. The van der Waals surface area contributed by atoms with Crippen LogP contribution in [-0.2, 0) is 14.9 Å². The summed E-state index contributed by atoms with van der Waals surface area (Å²) in [6.45, 7) is 11.7. The van der Waals surface area contributed by atoms with Gasteiger partial charge in [0.1, 0.15) is 11.4 Å². The number of anilines is 1. The molecule has 0 N–H and O–H groups in total. The van der Waals surface area contributed by atoms with E-state index in [4.69, 9.17) is 9.47 Å². The van der Waals surface area contributed by atoms with Crippen molar-refractivity contribution in [2.24, 2.45) is 11.3 Å². The molecule has 3 aliphatic rings. The molecule has 6 nitrogen and oxygen atoms in total. The summed E-state index contributed by atoms with van der Waals surface area (Å²) in [6.07, 6.45) is 3.35. The highest BCUT2D eigenvalue weighted by molar-refractivity contribution is 6.23. The van der Waals surface area contributed by atoms with Gasteiger partial charge < -0.3 is 9.47 Å². The van der Waals surface area contributed by atoms with Crippen molar-refractivity contribution in [1.29, 1.82) is 5.26 Å². The summed E-state index contributed by atoms with van der Waals surface area (Å²) >= 11 is 0. The number of hydrogen-bond donors (Lipinski definition) is 0. The van der Waals surface area contributed by atoms with E-state index in [9.17, 15) is 14.9 Å². The van der Waals surface area contributed by atoms with Crippen molar-refractivity contribution in [1.82, 2.24) is 0 Å². The fraction of sp³-hybridized carbons (Fsp3) is 0.435. The number of allylic oxidation sites excluding steroid dienone is 1. The van der Waals surface area contributed by atoms with Crippen molar-refractivity contribution in [2.75, 3.05) is 12.0 Å². The monoisotopic (exact) mass is 392 g/mol. The van der Waals surface area contributed by atoms with Gasteiger partial charge in [-0.25, -0.2) is 9.69 Å². The molecule has 4 rings (SSSR count). The minimum Gasteiger partial charge on any atom is -0.483 e. The second kappa shape index (κ2) is 5.73. The lowest BCUT2D eigenvalue weighted by atomic mass is 9.62. The number of imide groups is 1. The van der Waals surface area contributed by atoms with Crippen molar-refractivity contribution in [2.45, 2.75) is 45.1 Å². The number of benzene rings is 1. The maximum atomic E-state index is 13.8. The van der Waals surface area contributed by atoms with Gasteiger partial charge in [0.05, 0.1) is 30.2 Å². The first-order chi connectivity index (χ1) is 13.5. The van der Waals surface area contributed by atoms with Crippen molar-refractivity contribution >= 4 is 23.8 Å². The maximum Gasteiger partial charge on any atom is 0.420 e. The molecule has 1 fully saturated rings. The molecule has 2 aliphatic heterocycles. The minimum absolute atomic E-state index is 0.312. The second-order valence-electron chi connectivity index (χ2n) is 9.05. The van der Waals surface area contributed by atoms with Gasteiger partial charge in [0, 0.05) is 11.0 Å². The predicted molar refractivity (Wildman–Crippen MR) is 108 cm³/mol. The Balaban J connectivity index is 2.04. The van der Waals surface area contributed by atoms with E-state index in [0.29, 0.717) is 34.6 Å². The highest BCUT2D eigenvalue weighted by Crippen LogP contribution is 2.65. The minimum atomic E-state index is -1.07. The number of hydrogen-bond acceptors (Lipinski definition) is 5. The number of amides is 2. The van der Waals surface area contributed by atoms with Gasteiger partial charge in [0.25, 0.3) is 0 Å². The Kier molecular flexibility index (Phi) is 3.80. The topological polar surface area (TPSA) is 79.6 Å². The first-order valence-electron chi connectivity index (χ1n) is 9.57. The summed E-state index contributed by atoms with van der Waals surface area (Å²) in [5.74, 6) is -0.282. The number of carbonyl (C=O) groups excluding carboxylic acids is 2. The summed E-state index contributed by atoms with van der Waals surface area (Å²) in [5, 5.41) is 9.76. The lowest BCUT2D eigenvalue weighted by Gasteiger charge is -2.38. The molecule has 0 aromatic heterocycles. The molecule has 6 heteroatoms. The number of methoxy groups -OCH3 is 1. The average molecular weight is 392 g/mol. The van der Waals surface area contributed by atoms with Gasteiger partial charge in [-0.15, -0.1) is 0 Å². The first kappa shape index (κ1) is 19.3. The van der Waals surface area contributed by atoms with Crippen molar-refractivity contribution in [3.05, 3.63) is 41.5 Å². The zero-order valence-corrected chi connectivity index (χ0v) is 17.3. The van der Waals surface area contributed by atoms with Gasteiger partial charge in [-0.1, -0.05) is 32.1 Å². The number of carbonyl (C=O) groups is 2. The van der Waals surface area contributed by atoms with Crippen molar-refractivity contribution in [3.8, 4) is 11.8 Å². The average Bonchev–Trinajstić information content (AvgIpc) is 3.01. The number of ether oxygens (including phenoxy) is 2. The van der Waals surface area contributed by atoms with E-state index in [2.05, 4.69) is 12.6 Å². The van der Waals surface area contributed by atoms with Gasteiger partial charge in [0.15, 0.2) is 0 Å². The molecule has 0 unspecified atom stereocenters. The van der Waals surface area contributed by atoms with Crippen LogP contribution in [0.15, 0.2) is 30.4 Å². The van der Waals surface area contributed by atoms with Crippen LogP contribution in [-0.4, -0.2) is 24.7 Å². The van der Waals surface area contributed by atoms with Gasteiger partial charge in [-0.3, -0.25) is 4.79 Å². The molecule has 2 amide bonds. The highest BCUT2D eigenvalue weighted by atomic mass is 16.5. The zero-order valence-electron chi connectivity index (χ0n) is 17.3. The van der Waals surface area contributed by atoms with E-state index in [0.717, 1.165) is 4.90 Å². The van der Waals surface area contributed by atoms with E-state index in [1.54, 1.807) is 0 Å². The number of nitriles is 1. The van der Waals surface area contributed by atoms with Gasteiger partial charge in [-0.05, 0) is 44.1 Å². The predicted octanol–water partition coefficient (Wildman–Crippen LogP) is 4.35. The van der Waals surface area contributed by atoms with Crippen molar-refractivity contribution in [3.63, 3.8) is 0 Å². The Morgan fingerprint density at radius 3 is 2.62 bits per heavy atom. The lowest BCUT2D eigenvalue weighted by molar-refractivity contribution is -0.126. The van der Waals surface area contributed by atoms with Crippen LogP contribution in [0.2, 0.25) is 0 Å². The summed E-state index contributed by atoms with van der Waals surface area (Å²) in [6, 6.07) is 6.00. The largest absolute Gasteiger partial charge is 0.483 e. The normalized spacial score (nSPS) is 28.0. The molecule has 1 saturated carbocycles. The molecule has 29 heavy (non-hydrogen) atoms. The maximum absolute atomic E-state index is 13.8. The Bertz CT molecular complexity index is 1040. The molecule has 1 aromatic rings. The molecule has 1 spiro atoms. The fourth-order valence-corrected chi connectivity index (χ4v) is 5.17. The van der Waals surface area contributed by atoms with Crippen LogP contribution in [0.3, 0.4) is 0 Å². The van der Waals surface area contributed by atoms with Crippen LogP contribution in [0.25, 0.3) is 6.08 Å². The van der Waals surface area contributed by atoms with Crippen LogP contribution in [0.5, 0.6) is 5.75 Å². The second-order valence-corrected chi connectivity index (χ2v) is 9.05. The van der Waals surface area contributed by atoms with E-state index in [1.165, 1.54) is 7.11 Å². The first-order valence-corrected chi connectivity index (χ1v) is 9.57. The lowest BCUT2D eigenvalue weighted by Crippen LogP contribution is -2.50. The Hall–Kier alpha value is -3.07. The Morgan fingerprint density at radius 1 is 1.34 bits per heavy atom. The molecule has 0 radical (unpaired) electrons. The Labute approximate surface area is 170 Å². The quantitative estimate of drug-likeness (QED) is 0.613. The van der Waals surface area contributed by atoms with Crippen LogP contribution in [0.1, 0.15) is 45.2 Å². The molecule has 1 aliphatic carbocycles. The van der Waals surface area contributed by atoms with Crippen LogP contribution in [0, 0.1) is 22.7 Å². The van der Waals surface area contributed by atoms with Gasteiger partial charge in [0.2, 0.25) is 5.91 Å². The van der Waals surface area contributed by atoms with Gasteiger partial charge >= 0.3 is 6.09 Å². The Morgan fingerprint density at radius 2 is 2.03 bits per heavy atom. The van der Waals surface area contributed by atoms with Crippen LogP contribution >= 0.6 is 0 Å². The summed E-state index contributed by atoms with van der Waals surface area (Å²) in [4.78, 5) is 27.7. The third kappa shape index (κ3) is 2.21. The molecule has 2 heterocycles. The summed E-state index contributed by atoms with van der Waals surface area (Å²) < 4.78 is 11.0. The molecule has 0 bridgehead atoms. The molecule has 150 valence electrons. The van der Waals surface area contributed by atoms with E-state index >= 15 is 0 Å². The third-order valence-corrected chi connectivity index (χ3v) is 6.66. The molecular formula is C23H24N2O4. The smallest absolute Gasteiger partial charge is 0.420 e. The summed E-state index contributed by atoms with van der Waals surface area (Å²) in [7, 11) is 1.25. The van der Waals surface area contributed by atoms with Crippen molar-refractivity contribution < 1.29 is 19.1 Å². The molecule has 0 saturated heterocycles.